The molecule has 8 heteroatoms. The molecule has 0 spiro atoms. The fraction of sp³-hybridized carbons (Fsp3) is 0.364. The molecule has 1 aromatic carbocycles. The number of carboxylic acids is 1. The number of alkyl halides is 3. The standard InChI is InChI=1S/C11H10BrF3O4/c12-8-6-7(18-5-1-2-10(16)17)3-4-9(8)19-11(13,14)15/h3-4,6H,1-2,5H2,(H,16,17). The Balaban J connectivity index is 2.54. The molecule has 0 aliphatic carbocycles. The summed E-state index contributed by atoms with van der Waals surface area (Å²) < 4.78 is 45.1. The van der Waals surface area contributed by atoms with Crippen LogP contribution in [0.15, 0.2) is 22.7 Å². The molecular weight excluding hydrogens is 333 g/mol. The number of halogens is 4. The van der Waals surface area contributed by atoms with Gasteiger partial charge in [-0.3, -0.25) is 4.79 Å². The highest BCUT2D eigenvalue weighted by atomic mass is 79.9. The molecule has 1 N–H and O–H groups in total. The van der Waals surface area contributed by atoms with Crippen molar-refractivity contribution in [1.82, 2.24) is 0 Å². The molecular formula is C11H10BrF3O4. The van der Waals surface area contributed by atoms with Crippen molar-refractivity contribution in [2.45, 2.75) is 19.2 Å². The van der Waals surface area contributed by atoms with Crippen LogP contribution in [0.3, 0.4) is 0 Å². The SMILES string of the molecule is O=C(O)CCCOc1ccc(OC(F)(F)F)c(Br)c1. The second kappa shape index (κ2) is 6.65. The summed E-state index contributed by atoms with van der Waals surface area (Å²) >= 11 is 2.93. The van der Waals surface area contributed by atoms with Gasteiger partial charge in [-0.2, -0.15) is 0 Å². The van der Waals surface area contributed by atoms with Gasteiger partial charge in [-0.05, 0) is 40.5 Å². The first-order valence-corrected chi connectivity index (χ1v) is 5.97. The molecule has 0 heterocycles. The van der Waals surface area contributed by atoms with Gasteiger partial charge in [0.1, 0.15) is 11.5 Å². The van der Waals surface area contributed by atoms with Gasteiger partial charge in [0.25, 0.3) is 0 Å². The van der Waals surface area contributed by atoms with Crippen LogP contribution in [0.4, 0.5) is 13.2 Å². The topological polar surface area (TPSA) is 55.8 Å². The lowest BCUT2D eigenvalue weighted by Gasteiger charge is -2.12. The summed E-state index contributed by atoms with van der Waals surface area (Å²) in [5.41, 5.74) is 0. The molecule has 1 aromatic rings. The Hall–Kier alpha value is -1.44. The van der Waals surface area contributed by atoms with E-state index in [9.17, 15) is 18.0 Å². The fourth-order valence-corrected chi connectivity index (χ4v) is 1.63. The third-order valence-electron chi connectivity index (χ3n) is 1.93. The number of carbonyl (C=O) groups is 1. The van der Waals surface area contributed by atoms with Crippen molar-refractivity contribution in [2.24, 2.45) is 0 Å². The summed E-state index contributed by atoms with van der Waals surface area (Å²) in [6.07, 6.45) is -4.48. The Morgan fingerprint density at radius 3 is 2.58 bits per heavy atom. The smallest absolute Gasteiger partial charge is 0.494 e. The molecule has 106 valence electrons. The maximum absolute atomic E-state index is 12.0. The summed E-state index contributed by atoms with van der Waals surface area (Å²) in [6.45, 7) is 0.165. The molecule has 0 amide bonds. The molecule has 0 bridgehead atoms. The Morgan fingerprint density at radius 2 is 2.05 bits per heavy atom. The van der Waals surface area contributed by atoms with Crippen LogP contribution in [0.25, 0.3) is 0 Å². The van der Waals surface area contributed by atoms with Crippen molar-refractivity contribution in [3.05, 3.63) is 22.7 Å². The van der Waals surface area contributed by atoms with Crippen LogP contribution in [-0.4, -0.2) is 24.0 Å². The highest BCUT2D eigenvalue weighted by Crippen LogP contribution is 2.33. The zero-order chi connectivity index (χ0) is 14.5. The van der Waals surface area contributed by atoms with Crippen LogP contribution in [-0.2, 0) is 4.79 Å². The Labute approximate surface area is 115 Å². The van der Waals surface area contributed by atoms with Crippen LogP contribution in [0.2, 0.25) is 0 Å². The fourth-order valence-electron chi connectivity index (χ4n) is 1.19. The van der Waals surface area contributed by atoms with Gasteiger partial charge in [-0.25, -0.2) is 0 Å². The zero-order valence-electron chi connectivity index (χ0n) is 9.54. The maximum atomic E-state index is 12.0. The molecule has 0 atom stereocenters. The van der Waals surface area contributed by atoms with E-state index in [2.05, 4.69) is 20.7 Å². The highest BCUT2D eigenvalue weighted by molar-refractivity contribution is 9.10. The molecule has 0 aromatic heterocycles. The predicted molar refractivity (Wildman–Crippen MR) is 63.2 cm³/mol. The minimum absolute atomic E-state index is 0.0313. The van der Waals surface area contributed by atoms with E-state index in [4.69, 9.17) is 9.84 Å². The van der Waals surface area contributed by atoms with E-state index in [0.717, 1.165) is 6.07 Å². The van der Waals surface area contributed by atoms with Crippen molar-refractivity contribution < 1.29 is 32.5 Å². The van der Waals surface area contributed by atoms with Crippen molar-refractivity contribution in [2.75, 3.05) is 6.61 Å². The number of rotatable bonds is 6. The van der Waals surface area contributed by atoms with E-state index >= 15 is 0 Å². The summed E-state index contributed by atoms with van der Waals surface area (Å²) in [6, 6.07) is 3.75. The van der Waals surface area contributed by atoms with Gasteiger partial charge < -0.3 is 14.6 Å². The zero-order valence-corrected chi connectivity index (χ0v) is 11.1. The lowest BCUT2D eigenvalue weighted by molar-refractivity contribution is -0.274. The molecule has 0 saturated carbocycles. The summed E-state index contributed by atoms with van der Waals surface area (Å²) in [4.78, 5) is 10.3. The first kappa shape index (κ1) is 15.6. The molecule has 0 radical (unpaired) electrons. The van der Waals surface area contributed by atoms with Gasteiger partial charge in [0, 0.05) is 6.42 Å². The van der Waals surface area contributed by atoms with Crippen molar-refractivity contribution >= 4 is 21.9 Å². The lowest BCUT2D eigenvalue weighted by atomic mass is 10.3. The third-order valence-corrected chi connectivity index (χ3v) is 2.55. The minimum Gasteiger partial charge on any atom is -0.494 e. The van der Waals surface area contributed by atoms with Crippen molar-refractivity contribution in [3.63, 3.8) is 0 Å². The molecule has 1 rings (SSSR count). The average molecular weight is 343 g/mol. The van der Waals surface area contributed by atoms with Crippen molar-refractivity contribution in [1.29, 1.82) is 0 Å². The molecule has 0 saturated heterocycles. The highest BCUT2D eigenvalue weighted by Gasteiger charge is 2.31. The minimum atomic E-state index is -4.76. The van der Waals surface area contributed by atoms with Crippen LogP contribution in [0.1, 0.15) is 12.8 Å². The van der Waals surface area contributed by atoms with Gasteiger partial charge in [0.05, 0.1) is 11.1 Å². The van der Waals surface area contributed by atoms with E-state index < -0.39 is 12.3 Å². The second-order valence-electron chi connectivity index (χ2n) is 3.49. The molecule has 4 nitrogen and oxygen atoms in total. The van der Waals surface area contributed by atoms with Crippen LogP contribution < -0.4 is 9.47 Å². The summed E-state index contributed by atoms with van der Waals surface area (Å²) in [5.74, 6) is -0.976. The van der Waals surface area contributed by atoms with Gasteiger partial charge in [0.15, 0.2) is 0 Å². The quantitative estimate of drug-likeness (QED) is 0.802. The normalized spacial score (nSPS) is 11.2. The van der Waals surface area contributed by atoms with Crippen LogP contribution in [0.5, 0.6) is 11.5 Å². The Kier molecular flexibility index (Phi) is 5.46. The second-order valence-corrected chi connectivity index (χ2v) is 4.34. The summed E-state index contributed by atoms with van der Waals surface area (Å²) in [7, 11) is 0. The molecule has 19 heavy (non-hydrogen) atoms. The molecule has 0 aliphatic rings. The van der Waals surface area contributed by atoms with E-state index in [1.807, 2.05) is 0 Å². The largest absolute Gasteiger partial charge is 0.573 e. The maximum Gasteiger partial charge on any atom is 0.573 e. The Bertz CT molecular complexity index is 448. The molecule has 0 unspecified atom stereocenters. The summed E-state index contributed by atoms with van der Waals surface area (Å²) in [5, 5.41) is 8.41. The molecule has 0 aliphatic heterocycles. The number of ether oxygens (including phenoxy) is 2. The van der Waals surface area contributed by atoms with Crippen LogP contribution in [0, 0.1) is 0 Å². The monoisotopic (exact) mass is 342 g/mol. The van der Waals surface area contributed by atoms with Crippen molar-refractivity contribution in [3.8, 4) is 11.5 Å². The van der Waals surface area contributed by atoms with Crippen LogP contribution >= 0.6 is 15.9 Å². The number of benzene rings is 1. The van der Waals surface area contributed by atoms with E-state index in [1.165, 1.54) is 12.1 Å². The van der Waals surface area contributed by atoms with Gasteiger partial charge in [0.2, 0.25) is 0 Å². The molecule has 0 fully saturated rings. The predicted octanol–water partition coefficient (Wildman–Crippen LogP) is 3.59. The van der Waals surface area contributed by atoms with E-state index in [0.29, 0.717) is 12.2 Å². The van der Waals surface area contributed by atoms with Gasteiger partial charge >= 0.3 is 12.3 Å². The first-order valence-electron chi connectivity index (χ1n) is 5.18. The number of aliphatic carboxylic acids is 1. The Morgan fingerprint density at radius 1 is 1.37 bits per heavy atom. The first-order chi connectivity index (χ1) is 8.78. The van der Waals surface area contributed by atoms with Gasteiger partial charge in [-0.15, -0.1) is 13.2 Å². The number of hydrogen-bond donors (Lipinski definition) is 1. The third kappa shape index (κ3) is 6.32. The van der Waals surface area contributed by atoms with Gasteiger partial charge in [-0.1, -0.05) is 0 Å². The average Bonchev–Trinajstić information content (AvgIpc) is 2.26. The lowest BCUT2D eigenvalue weighted by Crippen LogP contribution is -2.17. The van der Waals surface area contributed by atoms with E-state index in [1.54, 1.807) is 0 Å². The number of carboxylic acid groups (broad SMARTS) is 1. The number of hydrogen-bond acceptors (Lipinski definition) is 3. The van der Waals surface area contributed by atoms with E-state index in [-0.39, 0.29) is 23.2 Å².